The molecular weight excluding hydrogens is 254 g/mol. The SMILES string of the molecule is CCC1CN(C)CCCN1c1ccccc1C(N)=S. The van der Waals surface area contributed by atoms with Crippen LogP contribution in [-0.2, 0) is 0 Å². The molecule has 1 heterocycles. The number of benzene rings is 1. The number of hydrogen-bond acceptors (Lipinski definition) is 3. The Morgan fingerprint density at radius 3 is 2.79 bits per heavy atom. The molecule has 0 amide bonds. The van der Waals surface area contributed by atoms with E-state index in [9.17, 15) is 0 Å². The molecule has 2 N–H and O–H groups in total. The van der Waals surface area contributed by atoms with E-state index in [-0.39, 0.29) is 0 Å². The zero-order chi connectivity index (χ0) is 13.8. The number of nitrogens with zero attached hydrogens (tertiary/aromatic N) is 2. The van der Waals surface area contributed by atoms with E-state index in [0.29, 0.717) is 11.0 Å². The number of anilines is 1. The van der Waals surface area contributed by atoms with Gasteiger partial charge in [0.15, 0.2) is 0 Å². The first-order valence-corrected chi connectivity index (χ1v) is 7.38. The van der Waals surface area contributed by atoms with E-state index in [1.807, 2.05) is 12.1 Å². The standard InChI is InChI=1S/C15H23N3S/c1-3-12-11-17(2)9-6-10-18(12)14-8-5-4-7-13(14)15(16)19/h4-5,7-8,12H,3,6,9-11H2,1-2H3,(H2,16,19). The van der Waals surface area contributed by atoms with E-state index in [1.54, 1.807) is 0 Å². The summed E-state index contributed by atoms with van der Waals surface area (Å²) in [7, 11) is 2.20. The summed E-state index contributed by atoms with van der Waals surface area (Å²) in [4.78, 5) is 5.39. The predicted molar refractivity (Wildman–Crippen MR) is 85.9 cm³/mol. The van der Waals surface area contributed by atoms with Gasteiger partial charge in [0, 0.05) is 30.4 Å². The molecule has 1 aromatic rings. The molecule has 1 aliphatic rings. The van der Waals surface area contributed by atoms with Gasteiger partial charge in [-0.05, 0) is 38.6 Å². The predicted octanol–water partition coefficient (Wildman–Crippen LogP) is 2.24. The van der Waals surface area contributed by atoms with Gasteiger partial charge in [-0.1, -0.05) is 31.3 Å². The van der Waals surface area contributed by atoms with Crippen LogP contribution in [0, 0.1) is 0 Å². The molecule has 1 unspecified atom stereocenters. The molecule has 4 heteroatoms. The van der Waals surface area contributed by atoms with Gasteiger partial charge in [0.05, 0.1) is 0 Å². The maximum atomic E-state index is 5.87. The second kappa shape index (κ2) is 6.35. The number of rotatable bonds is 3. The Labute approximate surface area is 121 Å². The minimum Gasteiger partial charge on any atom is -0.389 e. The molecule has 0 bridgehead atoms. The molecule has 0 saturated carbocycles. The van der Waals surface area contributed by atoms with Crippen LogP contribution >= 0.6 is 12.2 Å². The summed E-state index contributed by atoms with van der Waals surface area (Å²) in [5.41, 5.74) is 8.06. The third-order valence-corrected chi connectivity index (χ3v) is 4.07. The van der Waals surface area contributed by atoms with Crippen LogP contribution in [-0.4, -0.2) is 42.6 Å². The van der Waals surface area contributed by atoms with Crippen molar-refractivity contribution in [2.24, 2.45) is 5.73 Å². The van der Waals surface area contributed by atoms with E-state index in [2.05, 4.69) is 35.9 Å². The Hall–Kier alpha value is -1.13. The maximum Gasteiger partial charge on any atom is 0.106 e. The highest BCUT2D eigenvalue weighted by Crippen LogP contribution is 2.25. The molecule has 104 valence electrons. The van der Waals surface area contributed by atoms with Crippen LogP contribution in [0.5, 0.6) is 0 Å². The number of para-hydroxylation sites is 1. The van der Waals surface area contributed by atoms with Crippen molar-refractivity contribution < 1.29 is 0 Å². The first-order chi connectivity index (χ1) is 9.13. The Kier molecular flexibility index (Phi) is 4.77. The molecule has 0 aromatic heterocycles. The van der Waals surface area contributed by atoms with Gasteiger partial charge < -0.3 is 15.5 Å². The van der Waals surface area contributed by atoms with Crippen LogP contribution < -0.4 is 10.6 Å². The zero-order valence-electron chi connectivity index (χ0n) is 11.8. The molecule has 1 saturated heterocycles. The van der Waals surface area contributed by atoms with Gasteiger partial charge in [-0.3, -0.25) is 0 Å². The first kappa shape index (κ1) is 14.3. The fourth-order valence-corrected chi connectivity index (χ4v) is 3.01. The highest BCUT2D eigenvalue weighted by molar-refractivity contribution is 7.80. The molecule has 1 atom stereocenters. The van der Waals surface area contributed by atoms with E-state index in [0.717, 1.165) is 31.6 Å². The average molecular weight is 277 g/mol. The fraction of sp³-hybridized carbons (Fsp3) is 0.533. The van der Waals surface area contributed by atoms with Gasteiger partial charge in [0.1, 0.15) is 4.99 Å². The van der Waals surface area contributed by atoms with Crippen LogP contribution in [0.1, 0.15) is 25.3 Å². The quantitative estimate of drug-likeness (QED) is 0.859. The lowest BCUT2D eigenvalue weighted by atomic mass is 10.1. The van der Waals surface area contributed by atoms with Crippen molar-refractivity contribution >= 4 is 22.9 Å². The monoisotopic (exact) mass is 277 g/mol. The molecule has 2 rings (SSSR count). The summed E-state index contributed by atoms with van der Waals surface area (Å²) in [6, 6.07) is 8.77. The average Bonchev–Trinajstić information content (AvgIpc) is 2.60. The van der Waals surface area contributed by atoms with E-state index < -0.39 is 0 Å². The van der Waals surface area contributed by atoms with Gasteiger partial charge in [0.25, 0.3) is 0 Å². The number of likely N-dealkylation sites (N-methyl/N-ethyl adjacent to an activating group) is 1. The fourth-order valence-electron chi connectivity index (χ4n) is 2.84. The smallest absolute Gasteiger partial charge is 0.106 e. The van der Waals surface area contributed by atoms with Crippen LogP contribution in [0.15, 0.2) is 24.3 Å². The molecule has 19 heavy (non-hydrogen) atoms. The minimum atomic E-state index is 0.489. The second-order valence-corrected chi connectivity index (χ2v) is 5.69. The summed E-state index contributed by atoms with van der Waals surface area (Å²) < 4.78 is 0. The Morgan fingerprint density at radius 1 is 1.37 bits per heavy atom. The van der Waals surface area contributed by atoms with Crippen LogP contribution in [0.25, 0.3) is 0 Å². The van der Waals surface area contributed by atoms with Crippen molar-refractivity contribution in [3.63, 3.8) is 0 Å². The zero-order valence-corrected chi connectivity index (χ0v) is 12.6. The molecule has 3 nitrogen and oxygen atoms in total. The lowest BCUT2D eigenvalue weighted by Gasteiger charge is -2.33. The van der Waals surface area contributed by atoms with Gasteiger partial charge in [-0.2, -0.15) is 0 Å². The van der Waals surface area contributed by atoms with Gasteiger partial charge in [-0.25, -0.2) is 0 Å². The normalized spacial score (nSPS) is 21.2. The molecule has 1 aliphatic heterocycles. The highest BCUT2D eigenvalue weighted by Gasteiger charge is 2.24. The summed E-state index contributed by atoms with van der Waals surface area (Å²) in [6.07, 6.45) is 2.31. The third kappa shape index (κ3) is 3.25. The lowest BCUT2D eigenvalue weighted by molar-refractivity contribution is 0.328. The number of hydrogen-bond donors (Lipinski definition) is 1. The van der Waals surface area contributed by atoms with Crippen LogP contribution in [0.4, 0.5) is 5.69 Å². The molecule has 1 fully saturated rings. The molecular formula is C15H23N3S. The van der Waals surface area contributed by atoms with Crippen molar-refractivity contribution in [3.05, 3.63) is 29.8 Å². The van der Waals surface area contributed by atoms with E-state index >= 15 is 0 Å². The van der Waals surface area contributed by atoms with Crippen LogP contribution in [0.2, 0.25) is 0 Å². The Morgan fingerprint density at radius 2 is 2.11 bits per heavy atom. The van der Waals surface area contributed by atoms with Crippen molar-refractivity contribution in [1.82, 2.24) is 4.90 Å². The van der Waals surface area contributed by atoms with Crippen molar-refractivity contribution in [2.75, 3.05) is 31.6 Å². The largest absolute Gasteiger partial charge is 0.389 e. The molecule has 1 aromatic carbocycles. The summed E-state index contributed by atoms with van der Waals surface area (Å²) in [6.45, 7) is 5.58. The third-order valence-electron chi connectivity index (χ3n) is 3.85. The van der Waals surface area contributed by atoms with Crippen molar-refractivity contribution in [2.45, 2.75) is 25.8 Å². The Bertz CT molecular complexity index is 447. The van der Waals surface area contributed by atoms with Crippen LogP contribution in [0.3, 0.4) is 0 Å². The molecule has 0 spiro atoms. The summed E-state index contributed by atoms with van der Waals surface area (Å²) >= 11 is 5.19. The maximum absolute atomic E-state index is 5.87. The van der Waals surface area contributed by atoms with Crippen molar-refractivity contribution in [1.29, 1.82) is 0 Å². The lowest BCUT2D eigenvalue weighted by Crippen LogP contribution is -2.40. The van der Waals surface area contributed by atoms with Gasteiger partial charge in [-0.15, -0.1) is 0 Å². The topological polar surface area (TPSA) is 32.5 Å². The summed E-state index contributed by atoms with van der Waals surface area (Å²) in [5, 5.41) is 0. The highest BCUT2D eigenvalue weighted by atomic mass is 32.1. The molecule has 0 aliphatic carbocycles. The minimum absolute atomic E-state index is 0.489. The van der Waals surface area contributed by atoms with Crippen molar-refractivity contribution in [3.8, 4) is 0 Å². The van der Waals surface area contributed by atoms with Gasteiger partial charge >= 0.3 is 0 Å². The summed E-state index contributed by atoms with van der Waals surface area (Å²) in [5.74, 6) is 0. The second-order valence-electron chi connectivity index (χ2n) is 5.25. The number of thiocarbonyl (C=S) groups is 1. The van der Waals surface area contributed by atoms with E-state index in [4.69, 9.17) is 18.0 Å². The first-order valence-electron chi connectivity index (χ1n) is 6.97. The number of nitrogens with two attached hydrogens (primary N) is 1. The van der Waals surface area contributed by atoms with E-state index in [1.165, 1.54) is 12.1 Å². The Balaban J connectivity index is 2.35. The molecule has 0 radical (unpaired) electrons. The van der Waals surface area contributed by atoms with Gasteiger partial charge in [0.2, 0.25) is 0 Å².